The van der Waals surface area contributed by atoms with E-state index in [1.807, 2.05) is 0 Å². The number of non-ortho nitro benzene ring substituents is 1. The van der Waals surface area contributed by atoms with Crippen molar-refractivity contribution < 1.29 is 19.2 Å². The fourth-order valence-corrected chi connectivity index (χ4v) is 2.16. The Morgan fingerprint density at radius 3 is 2.55 bits per heavy atom. The Hall–Kier alpha value is -2.54. The van der Waals surface area contributed by atoms with Crippen LogP contribution in [0.4, 0.5) is 5.69 Å². The number of nitro benzene ring substituents is 1. The van der Waals surface area contributed by atoms with Crippen molar-refractivity contribution in [2.75, 3.05) is 6.61 Å². The van der Waals surface area contributed by atoms with Gasteiger partial charge >= 0.3 is 5.97 Å². The number of ketones is 1. The first-order valence-corrected chi connectivity index (χ1v) is 6.97. The Bertz CT molecular complexity index is 744. The molecule has 0 spiro atoms. The summed E-state index contributed by atoms with van der Waals surface area (Å²) in [6, 6.07) is 11.9. The molecule has 0 saturated heterocycles. The van der Waals surface area contributed by atoms with Gasteiger partial charge in [-0.05, 0) is 28.1 Å². The lowest BCUT2D eigenvalue weighted by atomic mass is 10.1. The van der Waals surface area contributed by atoms with E-state index in [1.165, 1.54) is 18.2 Å². The number of halogens is 1. The van der Waals surface area contributed by atoms with E-state index in [4.69, 9.17) is 4.74 Å². The van der Waals surface area contributed by atoms with Crippen LogP contribution in [-0.2, 0) is 4.74 Å². The second-order valence-corrected chi connectivity index (χ2v) is 5.14. The molecule has 0 radical (unpaired) electrons. The van der Waals surface area contributed by atoms with Crippen molar-refractivity contribution in [3.05, 3.63) is 74.2 Å². The van der Waals surface area contributed by atoms with Crippen LogP contribution in [0.15, 0.2) is 53.0 Å². The van der Waals surface area contributed by atoms with Gasteiger partial charge in [0.25, 0.3) is 5.69 Å². The number of esters is 1. The number of hydrogen-bond acceptors (Lipinski definition) is 5. The molecule has 0 unspecified atom stereocenters. The zero-order chi connectivity index (χ0) is 16.1. The first kappa shape index (κ1) is 15.8. The number of hydrogen-bond donors (Lipinski definition) is 0. The highest BCUT2D eigenvalue weighted by molar-refractivity contribution is 9.10. The maximum atomic E-state index is 11.9. The summed E-state index contributed by atoms with van der Waals surface area (Å²) in [5.41, 5.74) is 0.228. The number of ether oxygens (including phenoxy) is 1. The summed E-state index contributed by atoms with van der Waals surface area (Å²) in [5, 5.41) is 10.7. The van der Waals surface area contributed by atoms with Crippen LogP contribution < -0.4 is 0 Å². The van der Waals surface area contributed by atoms with Gasteiger partial charge in [-0.2, -0.15) is 0 Å². The Kier molecular flexibility index (Phi) is 5.00. The molecule has 0 aliphatic carbocycles. The van der Waals surface area contributed by atoms with E-state index in [2.05, 4.69) is 15.9 Å². The van der Waals surface area contributed by atoms with Crippen LogP contribution in [0.3, 0.4) is 0 Å². The summed E-state index contributed by atoms with van der Waals surface area (Å²) in [4.78, 5) is 33.9. The van der Waals surface area contributed by atoms with Gasteiger partial charge in [0.15, 0.2) is 6.61 Å². The van der Waals surface area contributed by atoms with E-state index in [9.17, 15) is 19.7 Å². The Morgan fingerprint density at radius 1 is 1.14 bits per heavy atom. The zero-order valence-electron chi connectivity index (χ0n) is 11.2. The fourth-order valence-electron chi connectivity index (χ4n) is 1.71. The van der Waals surface area contributed by atoms with Crippen molar-refractivity contribution in [1.82, 2.24) is 0 Å². The number of nitrogens with zero attached hydrogens (tertiary/aromatic N) is 1. The predicted octanol–water partition coefficient (Wildman–Crippen LogP) is 3.40. The van der Waals surface area contributed by atoms with Crippen LogP contribution in [0.2, 0.25) is 0 Å². The smallest absolute Gasteiger partial charge is 0.339 e. The largest absolute Gasteiger partial charge is 0.454 e. The molecular weight excluding hydrogens is 354 g/mol. The molecule has 22 heavy (non-hydrogen) atoms. The molecule has 2 aromatic carbocycles. The van der Waals surface area contributed by atoms with Crippen molar-refractivity contribution in [3.8, 4) is 0 Å². The van der Waals surface area contributed by atoms with Crippen LogP contribution in [0.1, 0.15) is 20.7 Å². The third kappa shape index (κ3) is 3.76. The summed E-state index contributed by atoms with van der Waals surface area (Å²) in [6.07, 6.45) is 0. The molecular formula is C15H10BrNO5. The fraction of sp³-hybridized carbons (Fsp3) is 0.0667. The van der Waals surface area contributed by atoms with Crippen LogP contribution in [0.25, 0.3) is 0 Å². The zero-order valence-corrected chi connectivity index (χ0v) is 12.8. The van der Waals surface area contributed by atoms with E-state index < -0.39 is 23.3 Å². The summed E-state index contributed by atoms with van der Waals surface area (Å²) < 4.78 is 5.50. The summed E-state index contributed by atoms with van der Waals surface area (Å²) in [7, 11) is 0. The first-order chi connectivity index (χ1) is 10.5. The molecule has 0 bridgehead atoms. The highest BCUT2D eigenvalue weighted by atomic mass is 79.9. The Morgan fingerprint density at radius 2 is 1.86 bits per heavy atom. The van der Waals surface area contributed by atoms with Crippen molar-refractivity contribution >= 4 is 33.4 Å². The van der Waals surface area contributed by atoms with E-state index in [-0.39, 0.29) is 11.3 Å². The maximum Gasteiger partial charge on any atom is 0.339 e. The third-order valence-corrected chi connectivity index (χ3v) is 3.50. The average molecular weight is 364 g/mol. The number of nitro groups is 1. The van der Waals surface area contributed by atoms with Gasteiger partial charge in [0.1, 0.15) is 0 Å². The van der Waals surface area contributed by atoms with Gasteiger partial charge in [0.2, 0.25) is 5.78 Å². The molecule has 0 aliphatic heterocycles. The molecule has 0 atom stereocenters. The molecule has 0 aromatic heterocycles. The lowest BCUT2D eigenvalue weighted by molar-refractivity contribution is -0.384. The maximum absolute atomic E-state index is 11.9. The van der Waals surface area contributed by atoms with Gasteiger partial charge in [-0.1, -0.05) is 24.3 Å². The quantitative estimate of drug-likeness (QED) is 0.351. The van der Waals surface area contributed by atoms with Gasteiger partial charge in [-0.15, -0.1) is 0 Å². The predicted molar refractivity (Wildman–Crippen MR) is 81.9 cm³/mol. The van der Waals surface area contributed by atoms with Crippen molar-refractivity contribution in [1.29, 1.82) is 0 Å². The second-order valence-electron chi connectivity index (χ2n) is 4.29. The monoisotopic (exact) mass is 363 g/mol. The van der Waals surface area contributed by atoms with Gasteiger partial charge in [0.05, 0.1) is 10.5 Å². The summed E-state index contributed by atoms with van der Waals surface area (Å²) >= 11 is 3.21. The van der Waals surface area contributed by atoms with Gasteiger partial charge in [0, 0.05) is 22.2 Å². The minimum Gasteiger partial charge on any atom is -0.454 e. The lowest BCUT2D eigenvalue weighted by Crippen LogP contribution is -2.14. The average Bonchev–Trinajstić information content (AvgIpc) is 2.52. The highest BCUT2D eigenvalue weighted by Crippen LogP contribution is 2.17. The normalized spacial score (nSPS) is 10.0. The summed E-state index contributed by atoms with van der Waals surface area (Å²) in [6.45, 7) is -0.485. The van der Waals surface area contributed by atoms with Gasteiger partial charge in [-0.25, -0.2) is 4.79 Å². The minimum atomic E-state index is -0.647. The van der Waals surface area contributed by atoms with Crippen molar-refractivity contribution in [3.63, 3.8) is 0 Å². The molecule has 0 aliphatic rings. The van der Waals surface area contributed by atoms with Gasteiger partial charge < -0.3 is 4.74 Å². The highest BCUT2D eigenvalue weighted by Gasteiger charge is 2.15. The van der Waals surface area contributed by atoms with E-state index in [0.29, 0.717) is 10.0 Å². The Labute approximate surface area is 134 Å². The van der Waals surface area contributed by atoms with Crippen LogP contribution >= 0.6 is 15.9 Å². The standard InChI is InChI=1S/C15H10BrNO5/c16-13-7-2-1-6-12(13)15(19)22-9-14(18)10-4-3-5-11(8-10)17(20)21/h1-8H,9H2. The van der Waals surface area contributed by atoms with E-state index >= 15 is 0 Å². The molecule has 2 aromatic rings. The van der Waals surface area contributed by atoms with Gasteiger partial charge in [-0.3, -0.25) is 14.9 Å². The topological polar surface area (TPSA) is 86.5 Å². The number of Topliss-reactive ketones (excluding diaryl/α,β-unsaturated/α-hetero) is 1. The molecule has 112 valence electrons. The SMILES string of the molecule is O=C(COC(=O)c1ccccc1Br)c1cccc([N+](=O)[O-])c1. The number of carbonyl (C=O) groups is 2. The van der Waals surface area contributed by atoms with E-state index in [0.717, 1.165) is 6.07 Å². The summed E-state index contributed by atoms with van der Waals surface area (Å²) in [5.74, 6) is -1.16. The van der Waals surface area contributed by atoms with Crippen molar-refractivity contribution in [2.45, 2.75) is 0 Å². The number of carbonyl (C=O) groups excluding carboxylic acids is 2. The molecule has 0 heterocycles. The molecule has 0 amide bonds. The molecule has 0 fully saturated rings. The molecule has 0 saturated carbocycles. The lowest BCUT2D eigenvalue weighted by Gasteiger charge is -2.05. The van der Waals surface area contributed by atoms with Crippen LogP contribution in [0.5, 0.6) is 0 Å². The molecule has 0 N–H and O–H groups in total. The number of benzene rings is 2. The van der Waals surface area contributed by atoms with E-state index in [1.54, 1.807) is 24.3 Å². The third-order valence-electron chi connectivity index (χ3n) is 2.81. The van der Waals surface area contributed by atoms with Crippen LogP contribution in [0, 0.1) is 10.1 Å². The first-order valence-electron chi connectivity index (χ1n) is 6.18. The molecule has 7 heteroatoms. The Balaban J connectivity index is 2.04. The second kappa shape index (κ2) is 6.95. The molecule has 6 nitrogen and oxygen atoms in total. The number of rotatable bonds is 5. The van der Waals surface area contributed by atoms with Crippen LogP contribution in [-0.4, -0.2) is 23.3 Å². The molecule has 2 rings (SSSR count). The van der Waals surface area contributed by atoms with Crippen molar-refractivity contribution in [2.24, 2.45) is 0 Å². The minimum absolute atomic E-state index is 0.120.